The quantitative estimate of drug-likeness (QED) is 0.800. The van der Waals surface area contributed by atoms with E-state index in [1.165, 1.54) is 11.3 Å². The summed E-state index contributed by atoms with van der Waals surface area (Å²) in [7, 11) is 0. The van der Waals surface area contributed by atoms with Gasteiger partial charge >= 0.3 is 0 Å². The predicted octanol–water partition coefficient (Wildman–Crippen LogP) is 2.46. The first-order chi connectivity index (χ1) is 6.27. The van der Waals surface area contributed by atoms with E-state index in [2.05, 4.69) is 4.98 Å². The molecule has 68 valence electrons. The Morgan fingerprint density at radius 2 is 2.46 bits per heavy atom. The molecule has 0 radical (unpaired) electrons. The van der Waals surface area contributed by atoms with Crippen LogP contribution in [0.4, 0.5) is 0 Å². The summed E-state index contributed by atoms with van der Waals surface area (Å²) >= 11 is 1.44. The molecule has 0 aliphatic rings. The van der Waals surface area contributed by atoms with Gasteiger partial charge < -0.3 is 9.52 Å². The second-order valence-corrected chi connectivity index (χ2v) is 3.78. The maximum absolute atomic E-state index is 9.27. The summed E-state index contributed by atoms with van der Waals surface area (Å²) in [5.74, 6) is 0.747. The average Bonchev–Trinajstić information content (AvgIpc) is 2.75. The van der Waals surface area contributed by atoms with Gasteiger partial charge in [-0.05, 0) is 19.1 Å². The number of aliphatic hydroxyl groups is 1. The third-order valence-corrected chi connectivity index (χ3v) is 2.85. The number of thiazole rings is 1. The van der Waals surface area contributed by atoms with Crippen LogP contribution in [0, 0.1) is 0 Å². The first-order valence-electron chi connectivity index (χ1n) is 3.95. The van der Waals surface area contributed by atoms with Gasteiger partial charge in [0.25, 0.3) is 0 Å². The zero-order valence-corrected chi connectivity index (χ0v) is 7.91. The Hall–Kier alpha value is -1.13. The fourth-order valence-corrected chi connectivity index (χ4v) is 1.82. The minimum Gasteiger partial charge on any atom is -0.462 e. The van der Waals surface area contributed by atoms with Gasteiger partial charge in [-0.3, -0.25) is 0 Å². The van der Waals surface area contributed by atoms with Crippen LogP contribution in [-0.4, -0.2) is 10.1 Å². The highest BCUT2D eigenvalue weighted by Crippen LogP contribution is 2.28. The summed E-state index contributed by atoms with van der Waals surface area (Å²) < 4.78 is 5.18. The molecule has 2 aromatic heterocycles. The van der Waals surface area contributed by atoms with Gasteiger partial charge in [-0.1, -0.05) is 0 Å². The molecule has 0 saturated heterocycles. The highest BCUT2D eigenvalue weighted by atomic mass is 32.1. The van der Waals surface area contributed by atoms with Crippen LogP contribution in [0.5, 0.6) is 0 Å². The Labute approximate surface area is 79.7 Å². The number of hydrogen-bond acceptors (Lipinski definition) is 4. The van der Waals surface area contributed by atoms with Gasteiger partial charge in [-0.2, -0.15) is 0 Å². The minimum absolute atomic E-state index is 0.457. The summed E-state index contributed by atoms with van der Waals surface area (Å²) in [5.41, 5.74) is 0. The van der Waals surface area contributed by atoms with E-state index >= 15 is 0 Å². The van der Waals surface area contributed by atoms with Gasteiger partial charge in [0.15, 0.2) is 10.8 Å². The van der Waals surface area contributed by atoms with E-state index < -0.39 is 6.10 Å². The SMILES string of the molecule is CC(O)c1cnc(-c2ccco2)s1. The molecule has 0 bridgehead atoms. The molecule has 2 rings (SSSR count). The van der Waals surface area contributed by atoms with Crippen molar-refractivity contribution < 1.29 is 9.52 Å². The van der Waals surface area contributed by atoms with Crippen molar-refractivity contribution >= 4 is 11.3 Å². The molecule has 4 heteroatoms. The molecule has 0 aliphatic carbocycles. The van der Waals surface area contributed by atoms with Crippen molar-refractivity contribution in [2.45, 2.75) is 13.0 Å². The van der Waals surface area contributed by atoms with Gasteiger partial charge in [-0.15, -0.1) is 11.3 Å². The summed E-state index contributed by atoms with van der Waals surface area (Å²) in [6, 6.07) is 3.67. The van der Waals surface area contributed by atoms with E-state index in [1.807, 2.05) is 12.1 Å². The lowest BCUT2D eigenvalue weighted by Crippen LogP contribution is -1.83. The summed E-state index contributed by atoms with van der Waals surface area (Å²) in [6.45, 7) is 1.72. The zero-order valence-electron chi connectivity index (χ0n) is 7.10. The molecular formula is C9H9NO2S. The normalized spacial score (nSPS) is 13.1. The lowest BCUT2D eigenvalue weighted by Gasteiger charge is -1.94. The van der Waals surface area contributed by atoms with Gasteiger partial charge in [-0.25, -0.2) is 4.98 Å². The third kappa shape index (κ3) is 1.64. The third-order valence-electron chi connectivity index (χ3n) is 1.67. The minimum atomic E-state index is -0.457. The maximum Gasteiger partial charge on any atom is 0.162 e. The lowest BCUT2D eigenvalue weighted by atomic mass is 10.4. The van der Waals surface area contributed by atoms with Crippen LogP contribution in [0.3, 0.4) is 0 Å². The van der Waals surface area contributed by atoms with Crippen molar-refractivity contribution in [1.29, 1.82) is 0 Å². The number of nitrogens with zero attached hydrogens (tertiary/aromatic N) is 1. The van der Waals surface area contributed by atoms with Crippen molar-refractivity contribution in [3.8, 4) is 10.8 Å². The Morgan fingerprint density at radius 1 is 1.62 bits per heavy atom. The first kappa shape index (κ1) is 8.47. The van der Waals surface area contributed by atoms with Crippen molar-refractivity contribution in [1.82, 2.24) is 4.98 Å². The second-order valence-electron chi connectivity index (χ2n) is 2.72. The monoisotopic (exact) mass is 195 g/mol. The highest BCUT2D eigenvalue weighted by Gasteiger charge is 2.09. The molecule has 1 atom stereocenters. The van der Waals surface area contributed by atoms with Crippen molar-refractivity contribution in [3.63, 3.8) is 0 Å². The molecule has 0 amide bonds. The maximum atomic E-state index is 9.27. The number of rotatable bonds is 2. The highest BCUT2D eigenvalue weighted by molar-refractivity contribution is 7.15. The Balaban J connectivity index is 2.33. The first-order valence-corrected chi connectivity index (χ1v) is 4.76. The fourth-order valence-electron chi connectivity index (χ4n) is 0.994. The molecule has 0 spiro atoms. The molecule has 3 nitrogen and oxygen atoms in total. The number of aromatic nitrogens is 1. The summed E-state index contributed by atoms with van der Waals surface area (Å²) in [6.07, 6.45) is 2.83. The molecule has 0 aromatic carbocycles. The Morgan fingerprint density at radius 3 is 3.00 bits per heavy atom. The molecule has 0 aliphatic heterocycles. The van der Waals surface area contributed by atoms with E-state index in [0.29, 0.717) is 0 Å². The molecule has 0 saturated carbocycles. The van der Waals surface area contributed by atoms with Crippen molar-refractivity contribution in [2.24, 2.45) is 0 Å². The van der Waals surface area contributed by atoms with Crippen LogP contribution in [-0.2, 0) is 0 Å². The molecule has 2 aromatic rings. The fraction of sp³-hybridized carbons (Fsp3) is 0.222. The average molecular weight is 195 g/mol. The molecule has 1 unspecified atom stereocenters. The summed E-state index contributed by atoms with van der Waals surface area (Å²) in [5, 5.41) is 10.1. The van der Waals surface area contributed by atoms with E-state index in [1.54, 1.807) is 19.4 Å². The Bertz CT molecular complexity index is 378. The van der Waals surface area contributed by atoms with E-state index in [4.69, 9.17) is 4.42 Å². The van der Waals surface area contributed by atoms with Crippen molar-refractivity contribution in [2.75, 3.05) is 0 Å². The standard InChI is InChI=1S/C9H9NO2S/c1-6(11)8-5-10-9(13-8)7-3-2-4-12-7/h2-6,11H,1H3. The number of aliphatic hydroxyl groups excluding tert-OH is 1. The molecule has 13 heavy (non-hydrogen) atoms. The second kappa shape index (κ2) is 3.32. The predicted molar refractivity (Wildman–Crippen MR) is 50.4 cm³/mol. The van der Waals surface area contributed by atoms with Gasteiger partial charge in [0, 0.05) is 6.20 Å². The van der Waals surface area contributed by atoms with Crippen LogP contribution in [0.15, 0.2) is 29.0 Å². The van der Waals surface area contributed by atoms with E-state index in [9.17, 15) is 5.11 Å². The van der Waals surface area contributed by atoms with Crippen LogP contribution < -0.4 is 0 Å². The van der Waals surface area contributed by atoms with Crippen LogP contribution >= 0.6 is 11.3 Å². The van der Waals surface area contributed by atoms with Crippen LogP contribution in [0.2, 0.25) is 0 Å². The van der Waals surface area contributed by atoms with E-state index in [0.717, 1.165) is 15.6 Å². The number of furan rings is 1. The molecule has 2 heterocycles. The largest absolute Gasteiger partial charge is 0.462 e. The smallest absolute Gasteiger partial charge is 0.162 e. The zero-order chi connectivity index (χ0) is 9.26. The van der Waals surface area contributed by atoms with Crippen LogP contribution in [0.1, 0.15) is 17.9 Å². The number of hydrogen-bond donors (Lipinski definition) is 1. The van der Waals surface area contributed by atoms with Gasteiger partial charge in [0.05, 0.1) is 17.2 Å². The van der Waals surface area contributed by atoms with Crippen LogP contribution in [0.25, 0.3) is 10.8 Å². The molecule has 1 N–H and O–H groups in total. The molecule has 0 fully saturated rings. The van der Waals surface area contributed by atoms with Crippen molar-refractivity contribution in [3.05, 3.63) is 29.5 Å². The molecular weight excluding hydrogens is 186 g/mol. The van der Waals surface area contributed by atoms with Gasteiger partial charge in [0.2, 0.25) is 0 Å². The topological polar surface area (TPSA) is 46.3 Å². The lowest BCUT2D eigenvalue weighted by molar-refractivity contribution is 0.203. The Kier molecular flexibility index (Phi) is 2.16. The van der Waals surface area contributed by atoms with E-state index in [-0.39, 0.29) is 0 Å². The summed E-state index contributed by atoms with van der Waals surface area (Å²) in [4.78, 5) is 5.00. The van der Waals surface area contributed by atoms with Gasteiger partial charge in [0.1, 0.15) is 0 Å².